The second-order valence-corrected chi connectivity index (χ2v) is 5.93. The third kappa shape index (κ3) is 3.39. The maximum absolute atomic E-state index is 12.0. The molecule has 0 bridgehead atoms. The summed E-state index contributed by atoms with van der Waals surface area (Å²) in [5.41, 5.74) is 0.405. The van der Waals surface area contributed by atoms with Crippen LogP contribution in [0.4, 0.5) is 5.69 Å². The maximum Gasteiger partial charge on any atom is 0.283 e. The van der Waals surface area contributed by atoms with Crippen molar-refractivity contribution in [2.24, 2.45) is 11.8 Å². The Morgan fingerprint density at radius 2 is 2.15 bits per heavy atom. The molecule has 0 saturated heterocycles. The number of aromatic nitrogens is 2. The van der Waals surface area contributed by atoms with E-state index in [9.17, 15) is 9.90 Å². The minimum absolute atomic E-state index is 0.119. The number of hydrogen-bond donors (Lipinski definition) is 3. The molecule has 3 N–H and O–H groups in total. The first-order chi connectivity index (χ1) is 9.67. The lowest BCUT2D eigenvalue weighted by Gasteiger charge is -2.19. The Labute approximate surface area is 125 Å². The van der Waals surface area contributed by atoms with Crippen molar-refractivity contribution in [3.05, 3.63) is 21.0 Å². The molecule has 112 valence electrons. The van der Waals surface area contributed by atoms with Gasteiger partial charge in [-0.15, -0.1) is 0 Å². The molecule has 1 fully saturated rings. The summed E-state index contributed by atoms with van der Waals surface area (Å²) < 4.78 is 1.65. The van der Waals surface area contributed by atoms with E-state index in [1.165, 1.54) is 4.68 Å². The molecule has 1 heterocycles. The van der Waals surface area contributed by atoms with Gasteiger partial charge in [0.1, 0.15) is 4.47 Å². The third-order valence-electron chi connectivity index (χ3n) is 3.90. The van der Waals surface area contributed by atoms with Crippen LogP contribution in [-0.2, 0) is 6.54 Å². The van der Waals surface area contributed by atoms with Crippen molar-refractivity contribution < 1.29 is 10.2 Å². The van der Waals surface area contributed by atoms with Gasteiger partial charge < -0.3 is 15.5 Å². The summed E-state index contributed by atoms with van der Waals surface area (Å²) in [4.78, 5) is 12.0. The molecule has 0 aliphatic heterocycles. The fourth-order valence-corrected chi connectivity index (χ4v) is 3.15. The predicted octanol–water partition coefficient (Wildman–Crippen LogP) is 0.819. The zero-order valence-corrected chi connectivity index (χ0v) is 12.8. The summed E-state index contributed by atoms with van der Waals surface area (Å²) in [6.07, 6.45) is 4.91. The van der Waals surface area contributed by atoms with Crippen LogP contribution in [0.5, 0.6) is 0 Å². The van der Waals surface area contributed by atoms with Gasteiger partial charge in [-0.05, 0) is 40.6 Å². The minimum atomic E-state index is -0.255. The highest BCUT2D eigenvalue weighted by Crippen LogP contribution is 2.31. The zero-order valence-electron chi connectivity index (χ0n) is 11.3. The van der Waals surface area contributed by atoms with Gasteiger partial charge in [0.05, 0.1) is 25.0 Å². The van der Waals surface area contributed by atoms with Crippen LogP contribution in [0.2, 0.25) is 0 Å². The SMILES string of the molecule is O=c1c(Br)c(NCC2CCCC2CO)cnn1CCO. The Morgan fingerprint density at radius 3 is 2.85 bits per heavy atom. The van der Waals surface area contributed by atoms with Gasteiger partial charge >= 0.3 is 0 Å². The van der Waals surface area contributed by atoms with Crippen molar-refractivity contribution >= 4 is 21.6 Å². The molecule has 20 heavy (non-hydrogen) atoms. The van der Waals surface area contributed by atoms with Crippen molar-refractivity contribution in [2.45, 2.75) is 25.8 Å². The molecule has 6 nitrogen and oxygen atoms in total. The van der Waals surface area contributed by atoms with E-state index < -0.39 is 0 Å². The predicted molar refractivity (Wildman–Crippen MR) is 79.7 cm³/mol. The fourth-order valence-electron chi connectivity index (χ4n) is 2.71. The van der Waals surface area contributed by atoms with Crippen molar-refractivity contribution in [1.82, 2.24) is 9.78 Å². The quantitative estimate of drug-likeness (QED) is 0.710. The van der Waals surface area contributed by atoms with E-state index in [0.29, 0.717) is 22.0 Å². The lowest BCUT2D eigenvalue weighted by atomic mass is 9.97. The van der Waals surface area contributed by atoms with Gasteiger partial charge in [0, 0.05) is 13.2 Å². The lowest BCUT2D eigenvalue weighted by molar-refractivity contribution is 0.199. The van der Waals surface area contributed by atoms with Crippen molar-refractivity contribution in [3.8, 4) is 0 Å². The highest BCUT2D eigenvalue weighted by molar-refractivity contribution is 9.10. The number of nitrogens with one attached hydrogen (secondary N) is 1. The second-order valence-electron chi connectivity index (χ2n) is 5.14. The Hall–Kier alpha value is -0.920. The molecular formula is C13H20BrN3O3. The van der Waals surface area contributed by atoms with E-state index in [-0.39, 0.29) is 25.3 Å². The van der Waals surface area contributed by atoms with E-state index in [0.717, 1.165) is 25.8 Å². The number of rotatable bonds is 6. The molecule has 2 atom stereocenters. The normalized spacial score (nSPS) is 22.1. The van der Waals surface area contributed by atoms with Gasteiger partial charge in [-0.25, -0.2) is 4.68 Å². The van der Waals surface area contributed by atoms with Gasteiger partial charge in [0.25, 0.3) is 5.56 Å². The molecule has 1 aliphatic carbocycles. The molecular weight excluding hydrogens is 326 g/mol. The number of aliphatic hydroxyl groups excluding tert-OH is 2. The second kappa shape index (κ2) is 7.19. The molecule has 0 aromatic carbocycles. The zero-order chi connectivity index (χ0) is 14.5. The first kappa shape index (κ1) is 15.5. The largest absolute Gasteiger partial charge is 0.396 e. The van der Waals surface area contributed by atoms with E-state index in [1.54, 1.807) is 6.20 Å². The number of hydrogen-bond acceptors (Lipinski definition) is 5. The van der Waals surface area contributed by atoms with Gasteiger partial charge in [0.15, 0.2) is 0 Å². The van der Waals surface area contributed by atoms with Crippen LogP contribution >= 0.6 is 15.9 Å². The highest BCUT2D eigenvalue weighted by atomic mass is 79.9. The Bertz CT molecular complexity index is 506. The molecule has 1 saturated carbocycles. The molecule has 2 unspecified atom stereocenters. The van der Waals surface area contributed by atoms with Gasteiger partial charge in [-0.1, -0.05) is 6.42 Å². The first-order valence-corrected chi connectivity index (χ1v) is 7.68. The van der Waals surface area contributed by atoms with E-state index in [2.05, 4.69) is 26.3 Å². The number of nitrogens with zero attached hydrogens (tertiary/aromatic N) is 2. The lowest BCUT2D eigenvalue weighted by Crippen LogP contribution is -2.27. The molecule has 7 heteroatoms. The van der Waals surface area contributed by atoms with Crippen LogP contribution in [0, 0.1) is 11.8 Å². The topological polar surface area (TPSA) is 87.4 Å². The number of anilines is 1. The molecule has 0 amide bonds. The molecule has 1 aliphatic rings. The molecule has 1 aromatic rings. The minimum Gasteiger partial charge on any atom is -0.396 e. The van der Waals surface area contributed by atoms with E-state index in [4.69, 9.17) is 5.11 Å². The van der Waals surface area contributed by atoms with Gasteiger partial charge in [-0.2, -0.15) is 5.10 Å². The van der Waals surface area contributed by atoms with Crippen LogP contribution in [0.3, 0.4) is 0 Å². The van der Waals surface area contributed by atoms with Crippen LogP contribution < -0.4 is 10.9 Å². The summed E-state index contributed by atoms with van der Waals surface area (Å²) in [7, 11) is 0. The number of halogens is 1. The van der Waals surface area contributed by atoms with Crippen LogP contribution in [0.1, 0.15) is 19.3 Å². The smallest absolute Gasteiger partial charge is 0.283 e. The van der Waals surface area contributed by atoms with Crippen LogP contribution in [0.15, 0.2) is 15.5 Å². The third-order valence-corrected chi connectivity index (χ3v) is 4.67. The average molecular weight is 346 g/mol. The van der Waals surface area contributed by atoms with Crippen molar-refractivity contribution in [1.29, 1.82) is 0 Å². The standard InChI is InChI=1S/C13H20BrN3O3/c14-12-11(7-16-17(4-5-18)13(12)20)15-6-9-2-1-3-10(9)8-19/h7,9-10,15,18-19H,1-6,8H2. The average Bonchev–Trinajstić information content (AvgIpc) is 2.91. The monoisotopic (exact) mass is 345 g/mol. The van der Waals surface area contributed by atoms with Gasteiger partial charge in [0.2, 0.25) is 0 Å². The molecule has 1 aromatic heterocycles. The Kier molecular flexibility index (Phi) is 5.56. The molecule has 0 radical (unpaired) electrons. The Morgan fingerprint density at radius 1 is 1.40 bits per heavy atom. The van der Waals surface area contributed by atoms with Gasteiger partial charge in [-0.3, -0.25) is 4.79 Å². The van der Waals surface area contributed by atoms with Crippen LogP contribution in [-0.4, -0.2) is 39.8 Å². The Balaban J connectivity index is 2.03. The summed E-state index contributed by atoms with van der Waals surface area (Å²) in [5.74, 6) is 0.788. The molecule has 2 rings (SSSR count). The fraction of sp³-hybridized carbons (Fsp3) is 0.692. The van der Waals surface area contributed by atoms with Crippen molar-refractivity contribution in [3.63, 3.8) is 0 Å². The summed E-state index contributed by atoms with van der Waals surface area (Å²) in [6.45, 7) is 1.03. The number of aliphatic hydroxyl groups is 2. The van der Waals surface area contributed by atoms with Crippen LogP contribution in [0.25, 0.3) is 0 Å². The highest BCUT2D eigenvalue weighted by Gasteiger charge is 2.26. The summed E-state index contributed by atoms with van der Waals surface area (Å²) in [5, 5.41) is 25.4. The summed E-state index contributed by atoms with van der Waals surface area (Å²) >= 11 is 3.28. The summed E-state index contributed by atoms with van der Waals surface area (Å²) in [6, 6.07) is 0. The molecule has 0 spiro atoms. The first-order valence-electron chi connectivity index (χ1n) is 6.88. The van der Waals surface area contributed by atoms with E-state index >= 15 is 0 Å². The van der Waals surface area contributed by atoms with E-state index in [1.807, 2.05) is 0 Å². The van der Waals surface area contributed by atoms with Crippen molar-refractivity contribution in [2.75, 3.05) is 25.1 Å². The maximum atomic E-state index is 12.0.